The van der Waals surface area contributed by atoms with E-state index >= 15 is 0 Å². The van der Waals surface area contributed by atoms with Crippen molar-refractivity contribution in [2.75, 3.05) is 13.1 Å². The number of fused-ring (bicyclic) bond motifs is 1. The molecular formula is C21H22F3N5OS. The quantitative estimate of drug-likeness (QED) is 0.558. The number of aromatic amines is 1. The highest BCUT2D eigenvalue weighted by atomic mass is 32.2. The number of nitrogens with one attached hydrogen (secondary N) is 2. The molecule has 4 rings (SSSR count). The minimum absolute atomic E-state index is 0.122. The van der Waals surface area contributed by atoms with E-state index in [1.165, 1.54) is 6.07 Å². The molecule has 0 amide bonds. The molecule has 2 atom stereocenters. The second-order valence-electron chi connectivity index (χ2n) is 7.56. The molecule has 10 heteroatoms. The monoisotopic (exact) mass is 449 g/mol. The Hall–Kier alpha value is -2.72. The van der Waals surface area contributed by atoms with Gasteiger partial charge in [-0.05, 0) is 35.7 Å². The third kappa shape index (κ3) is 4.80. The summed E-state index contributed by atoms with van der Waals surface area (Å²) in [5.41, 5.74) is 8.56. The van der Waals surface area contributed by atoms with Gasteiger partial charge >= 0.3 is 11.9 Å². The van der Waals surface area contributed by atoms with E-state index in [4.69, 9.17) is 5.73 Å². The molecule has 1 aliphatic rings. The maximum atomic E-state index is 12.9. The summed E-state index contributed by atoms with van der Waals surface area (Å²) < 4.78 is 40.2. The highest BCUT2D eigenvalue weighted by Gasteiger charge is 2.30. The van der Waals surface area contributed by atoms with Gasteiger partial charge in [0, 0.05) is 19.6 Å². The van der Waals surface area contributed by atoms with Crippen LogP contribution in [0.4, 0.5) is 13.2 Å². The molecule has 3 aromatic rings. The van der Waals surface area contributed by atoms with E-state index in [1.54, 1.807) is 29.4 Å². The van der Waals surface area contributed by atoms with Crippen LogP contribution in [-0.4, -0.2) is 33.9 Å². The molecule has 4 N–H and O–H groups in total. The third-order valence-electron chi connectivity index (χ3n) is 5.22. The molecule has 1 aliphatic heterocycles. The molecule has 2 aromatic carbocycles. The van der Waals surface area contributed by atoms with Crippen molar-refractivity contribution in [3.8, 4) is 0 Å². The number of aromatic nitrogens is 2. The van der Waals surface area contributed by atoms with Gasteiger partial charge in [0.25, 0.3) is 0 Å². The number of hydrogen-bond donors (Lipinski definition) is 3. The summed E-state index contributed by atoms with van der Waals surface area (Å²) in [5, 5.41) is 4.08. The fourth-order valence-electron chi connectivity index (χ4n) is 3.55. The minimum Gasteiger partial charge on any atom is -0.363 e. The molecule has 31 heavy (non-hydrogen) atoms. The largest absolute Gasteiger partial charge is 0.416 e. The van der Waals surface area contributed by atoms with Crippen molar-refractivity contribution in [1.82, 2.24) is 14.9 Å². The highest BCUT2D eigenvalue weighted by molar-refractivity contribution is 8.14. The van der Waals surface area contributed by atoms with Gasteiger partial charge in [-0.2, -0.15) is 13.2 Å². The SMILES string of the molecule is Cn1c(=O)[nH]c2ccc(C3CN=C(NC[C@@H](N)Cc4cccc(C(F)(F)F)c4)S3)cc21. The van der Waals surface area contributed by atoms with E-state index in [0.717, 1.165) is 33.9 Å². The summed E-state index contributed by atoms with van der Waals surface area (Å²) in [4.78, 5) is 19.1. The predicted octanol–water partition coefficient (Wildman–Crippen LogP) is 3.19. The average molecular weight is 450 g/mol. The van der Waals surface area contributed by atoms with Crippen molar-refractivity contribution in [2.24, 2.45) is 17.8 Å². The molecule has 0 aliphatic carbocycles. The smallest absolute Gasteiger partial charge is 0.363 e. The Morgan fingerprint density at radius 3 is 2.90 bits per heavy atom. The fourth-order valence-corrected chi connectivity index (χ4v) is 4.57. The lowest BCUT2D eigenvalue weighted by molar-refractivity contribution is -0.137. The lowest BCUT2D eigenvalue weighted by atomic mass is 10.0. The van der Waals surface area contributed by atoms with Crippen molar-refractivity contribution in [2.45, 2.75) is 23.9 Å². The number of H-pyrrole nitrogens is 1. The van der Waals surface area contributed by atoms with Crippen LogP contribution in [0.15, 0.2) is 52.3 Å². The van der Waals surface area contributed by atoms with Crippen molar-refractivity contribution in [3.05, 3.63) is 69.6 Å². The van der Waals surface area contributed by atoms with Gasteiger partial charge in [-0.1, -0.05) is 36.0 Å². The Balaban J connectivity index is 1.32. The van der Waals surface area contributed by atoms with E-state index in [9.17, 15) is 18.0 Å². The molecule has 1 aromatic heterocycles. The van der Waals surface area contributed by atoms with Crippen LogP contribution >= 0.6 is 11.8 Å². The second-order valence-corrected chi connectivity index (χ2v) is 8.75. The standard InChI is InChI=1S/C21H22F3N5OS/c1-29-17-9-13(5-6-16(17)28-20(29)30)18-11-27-19(31-18)26-10-15(25)8-12-3-2-4-14(7-12)21(22,23)24/h2-7,9,15,18H,8,10-11,25H2,1H3,(H,26,27)(H,28,30)/t15-,18?/m0/s1. The van der Waals surface area contributed by atoms with Crippen LogP contribution in [0, 0.1) is 0 Å². The molecule has 6 nitrogen and oxygen atoms in total. The van der Waals surface area contributed by atoms with Gasteiger partial charge in [0.05, 0.1) is 28.4 Å². The Bertz CT molecular complexity index is 1180. The van der Waals surface area contributed by atoms with Gasteiger partial charge in [-0.15, -0.1) is 0 Å². The average Bonchev–Trinajstić information content (AvgIpc) is 3.31. The van der Waals surface area contributed by atoms with Crippen LogP contribution in [-0.2, 0) is 19.6 Å². The van der Waals surface area contributed by atoms with Crippen molar-refractivity contribution >= 4 is 28.0 Å². The second kappa shape index (κ2) is 8.43. The van der Waals surface area contributed by atoms with Gasteiger partial charge in [-0.3, -0.25) is 9.56 Å². The number of amidine groups is 1. The van der Waals surface area contributed by atoms with Crippen LogP contribution in [0.3, 0.4) is 0 Å². The number of nitrogens with two attached hydrogens (primary N) is 1. The number of hydrogen-bond acceptors (Lipinski definition) is 5. The van der Waals surface area contributed by atoms with Crippen molar-refractivity contribution in [1.29, 1.82) is 0 Å². The summed E-state index contributed by atoms with van der Waals surface area (Å²) in [7, 11) is 1.72. The number of imidazole rings is 1. The first-order valence-corrected chi connectivity index (χ1v) is 10.6. The van der Waals surface area contributed by atoms with Crippen LogP contribution in [0.25, 0.3) is 11.0 Å². The molecule has 0 bridgehead atoms. The first-order valence-electron chi connectivity index (χ1n) is 9.76. The number of halogens is 3. The summed E-state index contributed by atoms with van der Waals surface area (Å²) in [5.74, 6) is 0. The summed E-state index contributed by atoms with van der Waals surface area (Å²) in [6, 6.07) is 10.8. The number of benzene rings is 2. The van der Waals surface area contributed by atoms with Crippen LogP contribution in [0.1, 0.15) is 21.9 Å². The lowest BCUT2D eigenvalue weighted by Crippen LogP contribution is -2.37. The zero-order chi connectivity index (χ0) is 22.2. The number of rotatable bonds is 5. The molecule has 2 heterocycles. The fraction of sp³-hybridized carbons (Fsp3) is 0.333. The normalized spacial score (nSPS) is 17.7. The maximum absolute atomic E-state index is 12.9. The molecule has 0 saturated carbocycles. The Morgan fingerprint density at radius 1 is 1.32 bits per heavy atom. The van der Waals surface area contributed by atoms with E-state index in [-0.39, 0.29) is 17.0 Å². The summed E-state index contributed by atoms with van der Waals surface area (Å²) in [6.07, 6.45) is -4.03. The number of thioether (sulfide) groups is 1. The number of alkyl halides is 3. The van der Waals surface area contributed by atoms with Gasteiger partial charge in [0.1, 0.15) is 0 Å². The third-order valence-corrected chi connectivity index (χ3v) is 6.43. The topological polar surface area (TPSA) is 88.2 Å². The van der Waals surface area contributed by atoms with Crippen molar-refractivity contribution < 1.29 is 13.2 Å². The van der Waals surface area contributed by atoms with Gasteiger partial charge < -0.3 is 16.0 Å². The van der Waals surface area contributed by atoms with E-state index in [1.807, 2.05) is 18.2 Å². The van der Waals surface area contributed by atoms with E-state index < -0.39 is 11.7 Å². The summed E-state index contributed by atoms with van der Waals surface area (Å²) >= 11 is 1.58. The molecular weight excluding hydrogens is 427 g/mol. The molecule has 0 radical (unpaired) electrons. The first-order chi connectivity index (χ1) is 14.7. The van der Waals surface area contributed by atoms with E-state index in [2.05, 4.69) is 15.3 Å². The molecule has 1 unspecified atom stereocenters. The predicted molar refractivity (Wildman–Crippen MR) is 117 cm³/mol. The van der Waals surface area contributed by atoms with Gasteiger partial charge in [0.15, 0.2) is 5.17 Å². The number of nitrogens with zero attached hydrogens (tertiary/aromatic N) is 2. The van der Waals surface area contributed by atoms with Crippen LogP contribution in [0.2, 0.25) is 0 Å². The zero-order valence-electron chi connectivity index (χ0n) is 16.7. The van der Waals surface area contributed by atoms with Gasteiger partial charge in [0.2, 0.25) is 0 Å². The van der Waals surface area contributed by atoms with Crippen LogP contribution in [0.5, 0.6) is 0 Å². The Morgan fingerprint density at radius 2 is 2.13 bits per heavy atom. The number of aryl methyl sites for hydroxylation is 1. The highest BCUT2D eigenvalue weighted by Crippen LogP contribution is 2.35. The Labute approximate surface area is 180 Å². The van der Waals surface area contributed by atoms with Crippen LogP contribution < -0.4 is 16.7 Å². The van der Waals surface area contributed by atoms with E-state index in [0.29, 0.717) is 25.1 Å². The minimum atomic E-state index is -4.36. The van der Waals surface area contributed by atoms with Gasteiger partial charge in [-0.25, -0.2) is 4.79 Å². The molecule has 164 valence electrons. The zero-order valence-corrected chi connectivity index (χ0v) is 17.6. The number of aliphatic imine (C=N–C) groups is 1. The van der Waals surface area contributed by atoms with Crippen molar-refractivity contribution in [3.63, 3.8) is 0 Å². The molecule has 0 saturated heterocycles. The Kier molecular flexibility index (Phi) is 5.85. The molecule has 0 fully saturated rings. The lowest BCUT2D eigenvalue weighted by Gasteiger charge is -2.15. The summed E-state index contributed by atoms with van der Waals surface area (Å²) in [6.45, 7) is 1.000. The maximum Gasteiger partial charge on any atom is 0.416 e. The molecule has 0 spiro atoms. The first kappa shape index (κ1) is 21.5.